The summed E-state index contributed by atoms with van der Waals surface area (Å²) in [5, 5.41) is 1.30. The Morgan fingerprint density at radius 2 is 0.533 bits per heavy atom. The Balaban J connectivity index is 3.23. The van der Waals surface area contributed by atoms with E-state index >= 15 is 0 Å². The predicted molar refractivity (Wildman–Crippen MR) is 148 cm³/mol. The third kappa shape index (κ3) is 25.0. The van der Waals surface area contributed by atoms with Gasteiger partial charge in [-0.1, -0.05) is 142 Å². The highest BCUT2D eigenvalue weighted by Gasteiger charge is 2.04. The second-order valence-electron chi connectivity index (χ2n) is 9.83. The molecule has 0 N–H and O–H groups in total. The normalized spacial score (nSPS) is 13.6. The Kier molecular flexibility index (Phi) is 26.6. The molecule has 0 heterocycles. The van der Waals surface area contributed by atoms with Gasteiger partial charge in [0.1, 0.15) is 0 Å². The summed E-state index contributed by atoms with van der Waals surface area (Å²) in [6.07, 6.45) is 33.6. The zero-order chi connectivity index (χ0) is 22.1. The fraction of sp³-hybridized carbons (Fsp3) is 1.00. The van der Waals surface area contributed by atoms with Gasteiger partial charge in [-0.25, -0.2) is 0 Å². The lowest BCUT2D eigenvalue weighted by atomic mass is 10.0. The fourth-order valence-electron chi connectivity index (χ4n) is 4.43. The minimum atomic E-state index is 0.650. The molecule has 0 rings (SSSR count). The van der Waals surface area contributed by atoms with Gasteiger partial charge in [0.05, 0.1) is 0 Å². The van der Waals surface area contributed by atoms with Crippen molar-refractivity contribution in [3.05, 3.63) is 0 Å². The molecule has 0 aromatic carbocycles. The van der Waals surface area contributed by atoms with Crippen molar-refractivity contribution >= 4 is 25.3 Å². The molecule has 0 aromatic heterocycles. The van der Waals surface area contributed by atoms with Gasteiger partial charge in [-0.05, 0) is 25.7 Å². The van der Waals surface area contributed by atoms with Crippen LogP contribution in [0.15, 0.2) is 0 Å². The monoisotopic (exact) mass is 458 g/mol. The van der Waals surface area contributed by atoms with E-state index in [4.69, 9.17) is 25.3 Å². The van der Waals surface area contributed by atoms with Crippen LogP contribution in [0, 0.1) is 0 Å². The highest BCUT2D eigenvalue weighted by Crippen LogP contribution is 2.20. The van der Waals surface area contributed by atoms with Crippen LogP contribution in [0.1, 0.15) is 168 Å². The molecule has 182 valence electrons. The maximum Gasteiger partial charge on any atom is 0.00168 e. The minimum absolute atomic E-state index is 0.650. The third-order valence-electron chi connectivity index (χ3n) is 6.61. The van der Waals surface area contributed by atoms with Crippen LogP contribution in [-0.2, 0) is 0 Å². The van der Waals surface area contributed by atoms with E-state index in [0.717, 1.165) is 0 Å². The molecule has 2 heteroatoms. The molecule has 0 saturated heterocycles. The van der Waals surface area contributed by atoms with Crippen molar-refractivity contribution in [3.8, 4) is 0 Å². The summed E-state index contributed by atoms with van der Waals surface area (Å²) in [5.74, 6) is 0. The fourth-order valence-corrected chi connectivity index (χ4v) is 5.16. The summed E-state index contributed by atoms with van der Waals surface area (Å²) in [4.78, 5) is 0. The van der Waals surface area contributed by atoms with Crippen LogP contribution in [0.25, 0.3) is 0 Å². The van der Waals surface area contributed by atoms with Crippen LogP contribution in [0.4, 0.5) is 0 Å². The first-order chi connectivity index (χ1) is 14.7. The minimum Gasteiger partial charge on any atom is -0.176 e. The van der Waals surface area contributed by atoms with Crippen LogP contribution in [0.3, 0.4) is 0 Å². The lowest BCUT2D eigenvalue weighted by Crippen LogP contribution is -1.99. The summed E-state index contributed by atoms with van der Waals surface area (Å²) in [7, 11) is 0. The topological polar surface area (TPSA) is 0 Å². The van der Waals surface area contributed by atoms with Crippen molar-refractivity contribution < 1.29 is 0 Å². The second-order valence-corrected chi connectivity index (χ2v) is 11.3. The number of rotatable bonds is 25. The van der Waals surface area contributed by atoms with Gasteiger partial charge >= 0.3 is 0 Å². The molecule has 0 spiro atoms. The summed E-state index contributed by atoms with van der Waals surface area (Å²) < 4.78 is 0. The quantitative estimate of drug-likeness (QED) is 0.0985. The molecule has 0 aliphatic heterocycles. The first-order valence-corrected chi connectivity index (χ1v) is 15.1. The summed E-state index contributed by atoms with van der Waals surface area (Å²) in [5.41, 5.74) is 0. The molecule has 0 saturated carbocycles. The average Bonchev–Trinajstić information content (AvgIpc) is 2.74. The maximum absolute atomic E-state index is 4.82. The Labute approximate surface area is 203 Å². The zero-order valence-electron chi connectivity index (χ0n) is 21.0. The van der Waals surface area contributed by atoms with Gasteiger partial charge in [-0.3, -0.25) is 0 Å². The van der Waals surface area contributed by atoms with E-state index in [1.807, 2.05) is 0 Å². The van der Waals surface area contributed by atoms with Gasteiger partial charge in [0, 0.05) is 10.5 Å². The van der Waals surface area contributed by atoms with Crippen molar-refractivity contribution in [1.29, 1.82) is 0 Å². The lowest BCUT2D eigenvalue weighted by molar-refractivity contribution is 0.524. The predicted octanol–water partition coefficient (Wildman–Crippen LogP) is 11.0. The molecule has 0 aliphatic rings. The summed E-state index contributed by atoms with van der Waals surface area (Å²) in [6, 6.07) is 0. The zero-order valence-corrected chi connectivity index (χ0v) is 22.8. The third-order valence-corrected chi connectivity index (χ3v) is 7.64. The van der Waals surface area contributed by atoms with Gasteiger partial charge in [0.15, 0.2) is 0 Å². The molecule has 0 fully saturated rings. The van der Waals surface area contributed by atoms with E-state index in [0.29, 0.717) is 10.5 Å². The van der Waals surface area contributed by atoms with Crippen molar-refractivity contribution in [3.63, 3.8) is 0 Å². The van der Waals surface area contributed by atoms with E-state index < -0.39 is 0 Å². The van der Waals surface area contributed by atoms with Gasteiger partial charge in [0.25, 0.3) is 0 Å². The highest BCUT2D eigenvalue weighted by atomic mass is 32.1. The molecule has 2 unspecified atom stereocenters. The largest absolute Gasteiger partial charge is 0.176 e. The van der Waals surface area contributed by atoms with E-state index in [1.165, 1.54) is 154 Å². The molecule has 0 bridgehead atoms. The molecule has 0 nitrogen and oxygen atoms in total. The summed E-state index contributed by atoms with van der Waals surface area (Å²) >= 11 is 9.63. The molecule has 2 atom stereocenters. The van der Waals surface area contributed by atoms with Crippen LogP contribution in [-0.4, -0.2) is 10.5 Å². The van der Waals surface area contributed by atoms with Crippen molar-refractivity contribution in [1.82, 2.24) is 0 Å². The molecular formula is C28H58S2. The van der Waals surface area contributed by atoms with Crippen LogP contribution >= 0.6 is 25.3 Å². The molecule has 0 aliphatic carbocycles. The lowest BCUT2D eigenvalue weighted by Gasteiger charge is -2.11. The number of unbranched alkanes of at least 4 members (excludes halogenated alkanes) is 17. The smallest absolute Gasteiger partial charge is 0.00168 e. The van der Waals surface area contributed by atoms with E-state index in [-0.39, 0.29) is 0 Å². The van der Waals surface area contributed by atoms with Crippen LogP contribution in [0.2, 0.25) is 0 Å². The van der Waals surface area contributed by atoms with Gasteiger partial charge in [-0.2, -0.15) is 25.3 Å². The number of hydrogen-bond donors (Lipinski definition) is 2. The molecule has 0 aromatic rings. The Morgan fingerprint density at radius 3 is 0.767 bits per heavy atom. The average molecular weight is 459 g/mol. The van der Waals surface area contributed by atoms with Crippen molar-refractivity contribution in [2.24, 2.45) is 0 Å². The van der Waals surface area contributed by atoms with Gasteiger partial charge < -0.3 is 0 Å². The van der Waals surface area contributed by atoms with Gasteiger partial charge in [0.2, 0.25) is 0 Å². The van der Waals surface area contributed by atoms with Crippen LogP contribution in [0.5, 0.6) is 0 Å². The van der Waals surface area contributed by atoms with Gasteiger partial charge in [-0.15, -0.1) is 0 Å². The standard InChI is InChI=1S/C28H58S2/c1-3-5-7-9-11-15-19-23-27(29)25-21-17-13-14-18-22-26-28(30)24-20-16-12-10-8-6-4-2/h27-30H,3-26H2,1-2H3. The highest BCUT2D eigenvalue weighted by molar-refractivity contribution is 7.81. The number of thiol groups is 2. The Morgan fingerprint density at radius 1 is 0.333 bits per heavy atom. The Bertz CT molecular complexity index is 275. The molecule has 0 radical (unpaired) electrons. The number of hydrogen-bond acceptors (Lipinski definition) is 2. The van der Waals surface area contributed by atoms with Crippen molar-refractivity contribution in [2.45, 2.75) is 178 Å². The van der Waals surface area contributed by atoms with E-state index in [1.54, 1.807) is 0 Å². The Hall–Kier alpha value is 0.700. The SMILES string of the molecule is CCCCCCCCCC(S)CCCCCCCCC(S)CCCCCCCCC. The summed E-state index contributed by atoms with van der Waals surface area (Å²) in [6.45, 7) is 4.59. The van der Waals surface area contributed by atoms with Crippen LogP contribution < -0.4 is 0 Å². The maximum atomic E-state index is 4.82. The molecule has 0 amide bonds. The second kappa shape index (κ2) is 26.0. The van der Waals surface area contributed by atoms with E-state index in [2.05, 4.69) is 13.8 Å². The molecule has 30 heavy (non-hydrogen) atoms. The first-order valence-electron chi connectivity index (χ1n) is 14.1. The molecular weight excluding hydrogens is 400 g/mol. The first kappa shape index (κ1) is 30.7. The van der Waals surface area contributed by atoms with Crippen molar-refractivity contribution in [2.75, 3.05) is 0 Å². The van der Waals surface area contributed by atoms with E-state index in [9.17, 15) is 0 Å².